The zero-order chi connectivity index (χ0) is 21.3. The average Bonchev–Trinajstić information content (AvgIpc) is 2.63. The molecule has 0 unspecified atom stereocenters. The van der Waals surface area contributed by atoms with Crippen molar-refractivity contribution in [1.29, 1.82) is 0 Å². The van der Waals surface area contributed by atoms with Crippen LogP contribution in [0.25, 0.3) is 6.08 Å². The summed E-state index contributed by atoms with van der Waals surface area (Å²) in [6.45, 7) is 3.81. The van der Waals surface area contributed by atoms with Crippen molar-refractivity contribution in [2.75, 3.05) is 4.90 Å². The van der Waals surface area contributed by atoms with Gasteiger partial charge in [-0.2, -0.15) is 0 Å². The minimum atomic E-state index is -0.864. The van der Waals surface area contributed by atoms with Gasteiger partial charge >= 0.3 is 6.03 Å². The van der Waals surface area contributed by atoms with E-state index in [2.05, 4.69) is 21.2 Å². The normalized spacial score (nSPS) is 15.9. The SMILES string of the molecule is CC(C)Oc1ccc(/C=C2\C(=O)NC(=O)N(c3ccc(Cl)c(Cl)c3)C2=O)cc1Br. The number of rotatable bonds is 4. The number of nitrogens with one attached hydrogen (secondary N) is 1. The summed E-state index contributed by atoms with van der Waals surface area (Å²) >= 11 is 15.3. The Labute approximate surface area is 185 Å². The highest BCUT2D eigenvalue weighted by Crippen LogP contribution is 2.31. The lowest BCUT2D eigenvalue weighted by Gasteiger charge is -2.26. The topological polar surface area (TPSA) is 75.7 Å². The van der Waals surface area contributed by atoms with Gasteiger partial charge in [-0.3, -0.25) is 14.9 Å². The molecule has 29 heavy (non-hydrogen) atoms. The number of nitrogens with zero attached hydrogens (tertiary/aromatic N) is 1. The van der Waals surface area contributed by atoms with Crippen LogP contribution in [0.2, 0.25) is 10.0 Å². The Balaban J connectivity index is 1.97. The van der Waals surface area contributed by atoms with Crippen molar-refractivity contribution in [3.63, 3.8) is 0 Å². The van der Waals surface area contributed by atoms with Crippen molar-refractivity contribution in [3.05, 3.63) is 62.1 Å². The van der Waals surface area contributed by atoms with Crippen LogP contribution in [0.15, 0.2) is 46.4 Å². The summed E-state index contributed by atoms with van der Waals surface area (Å²) in [4.78, 5) is 38.3. The Bertz CT molecular complexity index is 1050. The van der Waals surface area contributed by atoms with Gasteiger partial charge in [-0.15, -0.1) is 0 Å². The smallest absolute Gasteiger partial charge is 0.335 e. The van der Waals surface area contributed by atoms with Crippen molar-refractivity contribution >= 4 is 68.7 Å². The van der Waals surface area contributed by atoms with Gasteiger partial charge in [-0.25, -0.2) is 9.69 Å². The number of amides is 4. The number of ether oxygens (including phenoxy) is 1. The first-order valence-corrected chi connectivity index (χ1v) is 10.0. The van der Waals surface area contributed by atoms with Gasteiger partial charge in [0.25, 0.3) is 11.8 Å². The third kappa shape index (κ3) is 4.63. The van der Waals surface area contributed by atoms with Gasteiger partial charge in [-0.1, -0.05) is 29.3 Å². The van der Waals surface area contributed by atoms with Gasteiger partial charge in [-0.05, 0) is 71.7 Å². The molecule has 2 aromatic carbocycles. The van der Waals surface area contributed by atoms with E-state index in [0.29, 0.717) is 15.8 Å². The Kier molecular flexibility index (Phi) is 6.31. The van der Waals surface area contributed by atoms with Crippen LogP contribution < -0.4 is 15.0 Å². The van der Waals surface area contributed by atoms with Gasteiger partial charge in [0.05, 0.1) is 26.3 Å². The standard InChI is InChI=1S/C20H15BrCl2N2O4/c1-10(2)29-17-6-3-11(8-14(17)21)7-13-18(26)24-20(28)25(19(13)27)12-4-5-15(22)16(23)9-12/h3-10H,1-2H3,(H,24,26,28)/b13-7+. The van der Waals surface area contributed by atoms with E-state index in [1.807, 2.05) is 13.8 Å². The van der Waals surface area contributed by atoms with Crippen LogP contribution in [0.5, 0.6) is 5.75 Å². The van der Waals surface area contributed by atoms with E-state index < -0.39 is 17.8 Å². The monoisotopic (exact) mass is 496 g/mol. The first-order chi connectivity index (χ1) is 13.7. The summed E-state index contributed by atoms with van der Waals surface area (Å²) < 4.78 is 6.32. The molecule has 1 aliphatic heterocycles. The summed E-state index contributed by atoms with van der Waals surface area (Å²) in [6, 6.07) is 8.59. The molecule has 0 bridgehead atoms. The maximum Gasteiger partial charge on any atom is 0.335 e. The van der Waals surface area contributed by atoms with Crippen molar-refractivity contribution < 1.29 is 19.1 Å². The summed E-state index contributed by atoms with van der Waals surface area (Å²) in [5.74, 6) is -0.917. The van der Waals surface area contributed by atoms with E-state index in [4.69, 9.17) is 27.9 Å². The number of barbiturate groups is 1. The van der Waals surface area contributed by atoms with Gasteiger partial charge in [0.1, 0.15) is 11.3 Å². The predicted molar refractivity (Wildman–Crippen MR) is 115 cm³/mol. The van der Waals surface area contributed by atoms with Crippen LogP contribution >= 0.6 is 39.1 Å². The number of benzene rings is 2. The van der Waals surface area contributed by atoms with Gasteiger partial charge in [0.2, 0.25) is 0 Å². The number of imide groups is 2. The second-order valence-corrected chi connectivity index (χ2v) is 8.08. The highest BCUT2D eigenvalue weighted by molar-refractivity contribution is 9.10. The summed E-state index contributed by atoms with van der Waals surface area (Å²) in [5.41, 5.74) is 0.581. The third-order valence-electron chi connectivity index (χ3n) is 3.89. The molecule has 1 aliphatic rings. The Morgan fingerprint density at radius 3 is 2.41 bits per heavy atom. The number of urea groups is 1. The molecule has 0 aromatic heterocycles. The Morgan fingerprint density at radius 1 is 1.07 bits per heavy atom. The Morgan fingerprint density at radius 2 is 1.79 bits per heavy atom. The van der Waals surface area contributed by atoms with Crippen LogP contribution in [0.1, 0.15) is 19.4 Å². The molecule has 9 heteroatoms. The lowest BCUT2D eigenvalue weighted by atomic mass is 10.1. The summed E-state index contributed by atoms with van der Waals surface area (Å²) in [6.07, 6.45) is 1.39. The molecule has 2 aromatic rings. The highest BCUT2D eigenvalue weighted by atomic mass is 79.9. The fourth-order valence-electron chi connectivity index (χ4n) is 2.64. The second-order valence-electron chi connectivity index (χ2n) is 6.41. The van der Waals surface area contributed by atoms with E-state index in [-0.39, 0.29) is 27.4 Å². The maximum absolute atomic E-state index is 12.9. The molecule has 1 fully saturated rings. The molecule has 4 amide bonds. The quantitative estimate of drug-likeness (QED) is 0.464. The number of halogens is 3. The number of carbonyl (C=O) groups is 3. The van der Waals surface area contributed by atoms with Crippen LogP contribution in [0, 0.1) is 0 Å². The molecule has 0 radical (unpaired) electrons. The molecule has 6 nitrogen and oxygen atoms in total. The Hall–Kier alpha value is -2.35. The van der Waals surface area contributed by atoms with E-state index in [0.717, 1.165) is 4.90 Å². The molecule has 1 N–H and O–H groups in total. The number of carbonyl (C=O) groups excluding carboxylic acids is 3. The summed E-state index contributed by atoms with van der Waals surface area (Å²) in [5, 5.41) is 2.62. The highest BCUT2D eigenvalue weighted by Gasteiger charge is 2.37. The van der Waals surface area contributed by atoms with Crippen molar-refractivity contribution in [3.8, 4) is 5.75 Å². The lowest BCUT2D eigenvalue weighted by molar-refractivity contribution is -0.122. The average molecular weight is 498 g/mol. The molecule has 0 spiro atoms. The molecular formula is C20H15BrCl2N2O4. The van der Waals surface area contributed by atoms with Crippen LogP contribution in [-0.2, 0) is 9.59 Å². The molecule has 0 atom stereocenters. The predicted octanol–water partition coefficient (Wildman–Crippen LogP) is 5.21. The lowest BCUT2D eigenvalue weighted by Crippen LogP contribution is -2.54. The largest absolute Gasteiger partial charge is 0.490 e. The molecule has 1 heterocycles. The first-order valence-electron chi connectivity index (χ1n) is 8.50. The van der Waals surface area contributed by atoms with Crippen LogP contribution in [0.4, 0.5) is 10.5 Å². The second kappa shape index (κ2) is 8.57. The molecular weight excluding hydrogens is 483 g/mol. The van der Waals surface area contributed by atoms with Gasteiger partial charge < -0.3 is 4.74 Å². The number of hydrogen-bond donors (Lipinski definition) is 1. The molecule has 150 valence electrons. The number of anilines is 1. The minimum Gasteiger partial charge on any atom is -0.490 e. The third-order valence-corrected chi connectivity index (χ3v) is 5.25. The van der Waals surface area contributed by atoms with Gasteiger partial charge in [0.15, 0.2) is 0 Å². The maximum atomic E-state index is 12.9. The van der Waals surface area contributed by atoms with Crippen LogP contribution in [-0.4, -0.2) is 23.9 Å². The van der Waals surface area contributed by atoms with E-state index in [1.54, 1.807) is 18.2 Å². The first kappa shape index (κ1) is 21.4. The molecule has 3 rings (SSSR count). The van der Waals surface area contributed by atoms with Crippen molar-refractivity contribution in [2.45, 2.75) is 20.0 Å². The minimum absolute atomic E-state index is 0.00743. The van der Waals surface area contributed by atoms with E-state index >= 15 is 0 Å². The summed E-state index contributed by atoms with van der Waals surface area (Å²) in [7, 11) is 0. The van der Waals surface area contributed by atoms with E-state index in [1.165, 1.54) is 24.3 Å². The van der Waals surface area contributed by atoms with Crippen LogP contribution in [0.3, 0.4) is 0 Å². The zero-order valence-electron chi connectivity index (χ0n) is 15.3. The number of hydrogen-bond acceptors (Lipinski definition) is 4. The fourth-order valence-corrected chi connectivity index (χ4v) is 3.42. The van der Waals surface area contributed by atoms with Gasteiger partial charge in [0, 0.05) is 0 Å². The van der Waals surface area contributed by atoms with E-state index in [9.17, 15) is 14.4 Å². The van der Waals surface area contributed by atoms with Crippen molar-refractivity contribution in [2.24, 2.45) is 0 Å². The molecule has 1 saturated heterocycles. The molecule has 0 aliphatic carbocycles. The van der Waals surface area contributed by atoms with Crippen molar-refractivity contribution in [1.82, 2.24) is 5.32 Å². The zero-order valence-corrected chi connectivity index (χ0v) is 18.4. The fraction of sp³-hybridized carbons (Fsp3) is 0.150. The molecule has 0 saturated carbocycles.